The van der Waals surface area contributed by atoms with Crippen molar-refractivity contribution in [3.63, 3.8) is 0 Å². The normalized spacial score (nSPS) is 36.4. The number of rotatable bonds is 12. The van der Waals surface area contributed by atoms with E-state index in [0.717, 1.165) is 88.8 Å². The summed E-state index contributed by atoms with van der Waals surface area (Å²) in [5, 5.41) is 0. The third-order valence-electron chi connectivity index (χ3n) is 21.0. The minimum absolute atomic E-state index is 0. The minimum Gasteiger partial charge on any atom is -0.328 e. The molecular formula is C63H111Fe2Pa3-3. The van der Waals surface area contributed by atoms with Gasteiger partial charge < -0.3 is 19.3 Å². The quantitative estimate of drug-likeness (QED) is 0.135. The van der Waals surface area contributed by atoms with Gasteiger partial charge in [0.05, 0.1) is 0 Å². The smallest absolute Gasteiger partial charge is 0 e. The van der Waals surface area contributed by atoms with Gasteiger partial charge in [0.15, 0.2) is 0 Å². The van der Waals surface area contributed by atoms with E-state index in [0.29, 0.717) is 0 Å². The van der Waals surface area contributed by atoms with Gasteiger partial charge in [-0.25, -0.2) is 0 Å². The van der Waals surface area contributed by atoms with Gasteiger partial charge in [0, 0.05) is 131 Å². The zero-order chi connectivity index (χ0) is 43.5. The Balaban J connectivity index is 0.000000355. The predicted molar refractivity (Wildman–Crippen MR) is 276 cm³/mol. The third kappa shape index (κ3) is 26.8. The Morgan fingerprint density at radius 2 is 0.324 bits per heavy atom. The predicted octanol–water partition coefficient (Wildman–Crippen LogP) is 20.4. The van der Waals surface area contributed by atoms with Crippen LogP contribution in [-0.2, 0) is 34.1 Å². The SMILES string of the molecule is CC1CCC(CC2CCC(CC3CCC(CC4CC[CH-]CC4)CC3)CC2)CC1.CC1CCC(CC2CCC(CC3CC[CH-]CC3)CC2)CC1.CC1CCC(CC2CC[CH-]CC2)CC1.[Fe].[Fe].[Pa].[Pa].[Pa]. The summed E-state index contributed by atoms with van der Waals surface area (Å²) < 4.78 is 0. The summed E-state index contributed by atoms with van der Waals surface area (Å²) in [5.74, 6) is 16.1. The summed E-state index contributed by atoms with van der Waals surface area (Å²) in [6.07, 6.45) is 71.5. The third-order valence-corrected chi connectivity index (χ3v) is 21.0. The van der Waals surface area contributed by atoms with E-state index in [2.05, 4.69) is 40.0 Å². The molecule has 0 spiro atoms. The van der Waals surface area contributed by atoms with Crippen molar-refractivity contribution in [1.82, 2.24) is 0 Å². The van der Waals surface area contributed by atoms with Crippen LogP contribution in [0.5, 0.6) is 0 Å². The Kier molecular flexibility index (Phi) is 39.9. The van der Waals surface area contributed by atoms with Crippen molar-refractivity contribution in [3.8, 4) is 0 Å². The van der Waals surface area contributed by atoms with Crippen molar-refractivity contribution in [2.24, 2.45) is 88.8 Å². The van der Waals surface area contributed by atoms with E-state index in [9.17, 15) is 0 Å². The maximum Gasteiger partial charge on any atom is 0 e. The van der Waals surface area contributed by atoms with Gasteiger partial charge in [0.1, 0.15) is 0 Å². The van der Waals surface area contributed by atoms with Gasteiger partial charge in [-0.05, 0) is 127 Å². The molecule has 0 saturated heterocycles. The minimum atomic E-state index is 0. The Hall–Kier alpha value is 4.31. The van der Waals surface area contributed by atoms with Gasteiger partial charge in [-0.1, -0.05) is 213 Å². The van der Waals surface area contributed by atoms with Gasteiger partial charge >= 0.3 is 0 Å². The first kappa shape index (κ1) is 68.4. The summed E-state index contributed by atoms with van der Waals surface area (Å²) in [5.41, 5.74) is 0. The molecule has 3 radical (unpaired) electrons. The van der Waals surface area contributed by atoms with E-state index < -0.39 is 0 Å². The molecule has 0 nitrogen and oxygen atoms in total. The number of hydrogen-bond donors (Lipinski definition) is 0. The molecule has 391 valence electrons. The van der Waals surface area contributed by atoms with E-state index in [4.69, 9.17) is 0 Å². The molecule has 0 aromatic carbocycles. The van der Waals surface area contributed by atoms with Gasteiger partial charge in [0.25, 0.3) is 0 Å². The summed E-state index contributed by atoms with van der Waals surface area (Å²) in [4.78, 5) is 0. The molecule has 68 heavy (non-hydrogen) atoms. The van der Waals surface area contributed by atoms with Crippen molar-refractivity contribution in [3.05, 3.63) is 19.3 Å². The van der Waals surface area contributed by atoms with E-state index in [-0.39, 0.29) is 131 Å². The number of hydrogen-bond acceptors (Lipinski definition) is 0. The van der Waals surface area contributed by atoms with Crippen LogP contribution in [0.1, 0.15) is 290 Å². The van der Waals surface area contributed by atoms with Crippen LogP contribution in [0.15, 0.2) is 0 Å². The molecule has 0 atom stereocenters. The van der Waals surface area contributed by atoms with Crippen molar-refractivity contribution in [2.75, 3.05) is 0 Å². The van der Waals surface area contributed by atoms with Crippen LogP contribution in [0.2, 0.25) is 0 Å². The first-order chi connectivity index (χ1) is 30.9. The van der Waals surface area contributed by atoms with Crippen molar-refractivity contribution >= 4 is 0 Å². The summed E-state index contributed by atoms with van der Waals surface area (Å²) in [7, 11) is 0. The molecule has 9 fully saturated rings. The van der Waals surface area contributed by atoms with Gasteiger partial charge in [-0.2, -0.15) is 38.5 Å². The molecule has 9 rings (SSSR count). The second-order valence-electron chi connectivity index (χ2n) is 26.4. The van der Waals surface area contributed by atoms with Crippen LogP contribution in [0.25, 0.3) is 0 Å². The molecule has 9 saturated carbocycles. The van der Waals surface area contributed by atoms with Gasteiger partial charge in [-0.3, -0.25) is 0 Å². The fraction of sp³-hybridized carbons (Fsp3) is 0.952. The average molecular weight is 1670 g/mol. The topological polar surface area (TPSA) is 0 Å². The molecule has 0 N–H and O–H groups in total. The van der Waals surface area contributed by atoms with Crippen molar-refractivity contribution in [2.45, 2.75) is 290 Å². The van der Waals surface area contributed by atoms with Crippen LogP contribution >= 0.6 is 0 Å². The molecule has 0 aromatic rings. The molecule has 0 bridgehead atoms. The molecule has 5 heteroatoms. The summed E-state index contributed by atoms with van der Waals surface area (Å²) in [6.45, 7) is 7.33. The van der Waals surface area contributed by atoms with Crippen molar-refractivity contribution in [1.29, 1.82) is 0 Å². The average Bonchev–Trinajstić information content (AvgIpc) is 3.32. The molecule has 0 heterocycles. The van der Waals surface area contributed by atoms with E-state index in [1.165, 1.54) is 128 Å². The van der Waals surface area contributed by atoms with Crippen molar-refractivity contribution < 1.29 is 131 Å². The zero-order valence-electron chi connectivity index (χ0n) is 45.5. The molecule has 0 amide bonds. The van der Waals surface area contributed by atoms with Gasteiger partial charge in [0.2, 0.25) is 0 Å². The first-order valence-corrected chi connectivity index (χ1v) is 30.3. The van der Waals surface area contributed by atoms with Crippen LogP contribution < -0.4 is 0 Å². The van der Waals surface area contributed by atoms with E-state index in [1.54, 1.807) is 141 Å². The fourth-order valence-corrected chi connectivity index (χ4v) is 16.3. The molecule has 0 aromatic heterocycles. The van der Waals surface area contributed by atoms with Crippen LogP contribution in [0.3, 0.4) is 0 Å². The largest absolute Gasteiger partial charge is 0.328 e. The molecule has 9 aliphatic rings. The zero-order valence-corrected chi connectivity index (χ0v) is 62.2. The Morgan fingerprint density at radius 3 is 0.471 bits per heavy atom. The fourth-order valence-electron chi connectivity index (χ4n) is 16.3. The molecular weight excluding hydrogens is 1560 g/mol. The Labute approximate surface area is 523 Å². The Bertz CT molecular complexity index is 1130. The molecule has 0 unspecified atom stereocenters. The standard InChI is InChI=1S/C28H49.C21H37.C14H25.2Fe.3Pa/c1-22-7-9-24(10-8-22)20-26-15-17-28(18-16-26)21-27-13-11-25(12-14-27)19-23-5-3-2-4-6-23;1-17-7-9-19(10-8-17)16-21-13-11-20(12-14-21)15-18-5-3-2-4-6-18;1-12-7-9-14(10-8-12)11-13-5-3-2-4-6-13;;;;;/h2,22-28H,3-21H2,1H3;2,17-21H,3-16H2,1H3;2,12-14H,3-11H2,1H3;;;;;/q3*-1;;;;;. The Morgan fingerprint density at radius 1 is 0.206 bits per heavy atom. The van der Waals surface area contributed by atoms with E-state index >= 15 is 0 Å². The monoisotopic (exact) mass is 1670 g/mol. The maximum absolute atomic E-state index is 2.53. The maximum atomic E-state index is 2.53. The summed E-state index contributed by atoms with van der Waals surface area (Å²) in [6, 6.07) is 0. The second kappa shape index (κ2) is 39.6. The second-order valence-corrected chi connectivity index (χ2v) is 26.4. The summed E-state index contributed by atoms with van der Waals surface area (Å²) >= 11 is 0. The first-order valence-electron chi connectivity index (χ1n) is 30.3. The van der Waals surface area contributed by atoms with Crippen LogP contribution in [0.4, 0.5) is 0 Å². The van der Waals surface area contributed by atoms with E-state index in [1.807, 2.05) is 0 Å². The van der Waals surface area contributed by atoms with Gasteiger partial charge in [-0.15, -0.1) is 0 Å². The molecule has 0 aliphatic heterocycles. The van der Waals surface area contributed by atoms with Crippen LogP contribution in [-0.4, -0.2) is 0 Å². The molecule has 9 aliphatic carbocycles. The van der Waals surface area contributed by atoms with Crippen LogP contribution in [0, 0.1) is 205 Å².